The average molecular weight is 244 g/mol. The molecule has 0 heterocycles. The zero-order valence-corrected chi connectivity index (χ0v) is 9.92. The van der Waals surface area contributed by atoms with Crippen LogP contribution in [0, 0.1) is 11.3 Å². The Morgan fingerprint density at radius 3 is 2.50 bits per heavy atom. The van der Waals surface area contributed by atoms with E-state index in [2.05, 4.69) is 5.32 Å². The molecule has 6 heteroatoms. The number of hydrogen-bond acceptors (Lipinski definition) is 4. The Bertz CT molecular complexity index is 377. The van der Waals surface area contributed by atoms with Gasteiger partial charge in [0, 0.05) is 6.04 Å². The molecule has 5 nitrogen and oxygen atoms in total. The van der Waals surface area contributed by atoms with Gasteiger partial charge in [-0.2, -0.15) is 5.26 Å². The first kappa shape index (κ1) is 13.0. The van der Waals surface area contributed by atoms with Crippen molar-refractivity contribution in [3.8, 4) is 6.07 Å². The maximum atomic E-state index is 11.4. The summed E-state index contributed by atoms with van der Waals surface area (Å²) in [5, 5.41) is 11.0. The van der Waals surface area contributed by atoms with Crippen LogP contribution in [-0.2, 0) is 14.6 Å². The second kappa shape index (κ2) is 5.85. The van der Waals surface area contributed by atoms with Gasteiger partial charge in [-0.15, -0.1) is 0 Å². The lowest BCUT2D eigenvalue weighted by atomic mass is 9.95. The van der Waals surface area contributed by atoms with E-state index in [4.69, 9.17) is 5.26 Å². The van der Waals surface area contributed by atoms with Crippen molar-refractivity contribution in [3.63, 3.8) is 0 Å². The van der Waals surface area contributed by atoms with Gasteiger partial charge in [0.15, 0.2) is 9.84 Å². The van der Waals surface area contributed by atoms with Gasteiger partial charge < -0.3 is 5.32 Å². The van der Waals surface area contributed by atoms with Crippen LogP contribution >= 0.6 is 0 Å². The summed E-state index contributed by atoms with van der Waals surface area (Å²) in [5.74, 6) is -1.65. The van der Waals surface area contributed by atoms with Gasteiger partial charge in [-0.05, 0) is 12.8 Å². The third kappa shape index (κ3) is 4.62. The summed E-state index contributed by atoms with van der Waals surface area (Å²) >= 11 is 0. The number of carbonyl (C=O) groups excluding carboxylic acids is 1. The zero-order chi connectivity index (χ0) is 12.0. The molecule has 0 aromatic rings. The van der Waals surface area contributed by atoms with E-state index >= 15 is 0 Å². The number of nitrogens with one attached hydrogen (secondary N) is 1. The lowest BCUT2D eigenvalue weighted by Crippen LogP contribution is -2.39. The second-order valence-corrected chi connectivity index (χ2v) is 6.16. The van der Waals surface area contributed by atoms with E-state index < -0.39 is 27.3 Å². The van der Waals surface area contributed by atoms with Gasteiger partial charge in [0.2, 0.25) is 5.91 Å². The first-order valence-electron chi connectivity index (χ1n) is 5.40. The third-order valence-corrected chi connectivity index (χ3v) is 3.88. The van der Waals surface area contributed by atoms with Crippen molar-refractivity contribution in [1.82, 2.24) is 5.32 Å². The SMILES string of the molecule is N#CCS(=O)(=O)CC(=O)NC1CCCCC1. The molecule has 1 N–H and O–H groups in total. The maximum absolute atomic E-state index is 11.4. The van der Waals surface area contributed by atoms with E-state index in [9.17, 15) is 13.2 Å². The number of hydrogen-bond donors (Lipinski definition) is 1. The smallest absolute Gasteiger partial charge is 0.235 e. The molecule has 90 valence electrons. The summed E-state index contributed by atoms with van der Waals surface area (Å²) in [7, 11) is -3.55. The predicted molar refractivity (Wildman–Crippen MR) is 59.3 cm³/mol. The predicted octanol–water partition coefficient (Wildman–Crippen LogP) is 0.374. The van der Waals surface area contributed by atoms with Gasteiger partial charge in [0.25, 0.3) is 0 Å². The summed E-state index contributed by atoms with van der Waals surface area (Å²) < 4.78 is 22.4. The third-order valence-electron chi connectivity index (χ3n) is 2.61. The van der Waals surface area contributed by atoms with E-state index in [1.165, 1.54) is 6.42 Å². The Morgan fingerprint density at radius 1 is 1.31 bits per heavy atom. The average Bonchev–Trinajstić information content (AvgIpc) is 2.17. The van der Waals surface area contributed by atoms with Crippen molar-refractivity contribution in [2.45, 2.75) is 38.1 Å². The van der Waals surface area contributed by atoms with Crippen LogP contribution in [0.2, 0.25) is 0 Å². The van der Waals surface area contributed by atoms with Gasteiger partial charge >= 0.3 is 0 Å². The number of nitrogens with zero attached hydrogens (tertiary/aromatic N) is 1. The molecule has 1 rings (SSSR count). The molecule has 0 aromatic heterocycles. The fraction of sp³-hybridized carbons (Fsp3) is 0.800. The Hall–Kier alpha value is -1.09. The van der Waals surface area contributed by atoms with E-state index in [0.717, 1.165) is 25.7 Å². The van der Waals surface area contributed by atoms with Crippen LogP contribution in [-0.4, -0.2) is 31.9 Å². The van der Waals surface area contributed by atoms with E-state index in [1.54, 1.807) is 6.07 Å². The number of rotatable bonds is 4. The quantitative estimate of drug-likeness (QED) is 0.774. The normalized spacial score (nSPS) is 17.7. The summed E-state index contributed by atoms with van der Waals surface area (Å²) in [4.78, 5) is 11.4. The van der Waals surface area contributed by atoms with Crippen LogP contribution in [0.25, 0.3) is 0 Å². The lowest BCUT2D eigenvalue weighted by molar-refractivity contribution is -0.119. The van der Waals surface area contributed by atoms with Crippen LogP contribution in [0.3, 0.4) is 0 Å². The number of carbonyl (C=O) groups is 1. The van der Waals surface area contributed by atoms with Crippen LogP contribution in [0.5, 0.6) is 0 Å². The molecule has 1 saturated carbocycles. The monoisotopic (exact) mass is 244 g/mol. The Morgan fingerprint density at radius 2 is 1.94 bits per heavy atom. The van der Waals surface area contributed by atoms with Crippen molar-refractivity contribution in [1.29, 1.82) is 5.26 Å². The molecule has 0 spiro atoms. The molecule has 1 fully saturated rings. The lowest BCUT2D eigenvalue weighted by Gasteiger charge is -2.22. The standard InChI is InChI=1S/C10H16N2O3S/c11-6-7-16(14,15)8-10(13)12-9-4-2-1-3-5-9/h9H,1-5,7-8H2,(H,12,13). The summed E-state index contributed by atoms with van der Waals surface area (Å²) in [6.07, 6.45) is 5.18. The molecule has 0 saturated heterocycles. The molecule has 0 radical (unpaired) electrons. The molecule has 0 unspecified atom stereocenters. The Balaban J connectivity index is 2.38. The van der Waals surface area contributed by atoms with Crippen LogP contribution in [0.4, 0.5) is 0 Å². The van der Waals surface area contributed by atoms with Crippen LogP contribution in [0.1, 0.15) is 32.1 Å². The molecular formula is C10H16N2O3S. The molecule has 1 amide bonds. The molecular weight excluding hydrogens is 228 g/mol. The van der Waals surface area contributed by atoms with Crippen LogP contribution in [0.15, 0.2) is 0 Å². The molecule has 0 aliphatic heterocycles. The van der Waals surface area contributed by atoms with E-state index in [0.29, 0.717) is 0 Å². The van der Waals surface area contributed by atoms with Gasteiger partial charge in [0.1, 0.15) is 11.5 Å². The number of amides is 1. The van der Waals surface area contributed by atoms with E-state index in [-0.39, 0.29) is 6.04 Å². The summed E-state index contributed by atoms with van der Waals surface area (Å²) in [5.41, 5.74) is 0. The van der Waals surface area contributed by atoms with Gasteiger partial charge in [-0.1, -0.05) is 19.3 Å². The molecule has 0 atom stereocenters. The fourth-order valence-corrected chi connectivity index (χ4v) is 2.65. The fourth-order valence-electron chi connectivity index (χ4n) is 1.87. The van der Waals surface area contributed by atoms with Crippen molar-refractivity contribution in [3.05, 3.63) is 0 Å². The minimum absolute atomic E-state index is 0.110. The van der Waals surface area contributed by atoms with Gasteiger partial charge in [0.05, 0.1) is 6.07 Å². The highest BCUT2D eigenvalue weighted by Gasteiger charge is 2.20. The highest BCUT2D eigenvalue weighted by atomic mass is 32.2. The highest BCUT2D eigenvalue weighted by molar-refractivity contribution is 7.92. The Labute approximate surface area is 95.7 Å². The van der Waals surface area contributed by atoms with Crippen molar-refractivity contribution >= 4 is 15.7 Å². The van der Waals surface area contributed by atoms with E-state index in [1.807, 2.05) is 0 Å². The summed E-state index contributed by atoms with van der Waals surface area (Å²) in [6.45, 7) is 0. The minimum Gasteiger partial charge on any atom is -0.352 e. The van der Waals surface area contributed by atoms with Gasteiger partial charge in [-0.25, -0.2) is 8.42 Å². The number of sulfone groups is 1. The minimum atomic E-state index is -3.55. The molecule has 0 aromatic carbocycles. The zero-order valence-electron chi connectivity index (χ0n) is 9.11. The largest absolute Gasteiger partial charge is 0.352 e. The van der Waals surface area contributed by atoms with Gasteiger partial charge in [-0.3, -0.25) is 4.79 Å². The molecule has 16 heavy (non-hydrogen) atoms. The summed E-state index contributed by atoms with van der Waals surface area (Å²) in [6, 6.07) is 1.66. The first-order chi connectivity index (χ1) is 7.53. The molecule has 1 aliphatic rings. The molecule has 1 aliphatic carbocycles. The number of nitriles is 1. The van der Waals surface area contributed by atoms with Crippen molar-refractivity contribution < 1.29 is 13.2 Å². The van der Waals surface area contributed by atoms with Crippen LogP contribution < -0.4 is 5.32 Å². The Kier molecular flexibility index (Phi) is 4.74. The highest BCUT2D eigenvalue weighted by Crippen LogP contribution is 2.17. The molecule has 0 bridgehead atoms. The van der Waals surface area contributed by atoms with Crippen molar-refractivity contribution in [2.75, 3.05) is 11.5 Å². The van der Waals surface area contributed by atoms with Crippen molar-refractivity contribution in [2.24, 2.45) is 0 Å². The second-order valence-electron chi connectivity index (χ2n) is 4.09. The first-order valence-corrected chi connectivity index (χ1v) is 7.22. The maximum Gasteiger partial charge on any atom is 0.235 e. The topological polar surface area (TPSA) is 87.0 Å².